The summed E-state index contributed by atoms with van der Waals surface area (Å²) >= 11 is 0. The third-order valence-electron chi connectivity index (χ3n) is 3.91. The zero-order valence-corrected chi connectivity index (χ0v) is 13.6. The molecule has 4 nitrogen and oxygen atoms in total. The molecule has 0 saturated heterocycles. The molecule has 3 aromatic rings. The van der Waals surface area contributed by atoms with Crippen molar-refractivity contribution in [3.8, 4) is 34.2 Å². The summed E-state index contributed by atoms with van der Waals surface area (Å²) in [5, 5.41) is 9.46. The monoisotopic (exact) mass is 315 g/mol. The fourth-order valence-corrected chi connectivity index (χ4v) is 2.55. The van der Waals surface area contributed by atoms with E-state index in [1.807, 2.05) is 61.5 Å². The molecule has 1 heterocycles. The number of hydrogen-bond acceptors (Lipinski definition) is 4. The highest BCUT2D eigenvalue weighted by Crippen LogP contribution is 2.32. The molecule has 0 spiro atoms. The van der Waals surface area contributed by atoms with E-state index in [-0.39, 0.29) is 5.82 Å². The van der Waals surface area contributed by atoms with Gasteiger partial charge in [0.15, 0.2) is 0 Å². The van der Waals surface area contributed by atoms with Crippen molar-refractivity contribution in [2.45, 2.75) is 6.92 Å². The van der Waals surface area contributed by atoms with Crippen molar-refractivity contribution in [2.75, 3.05) is 12.8 Å². The number of ether oxygens (including phenoxy) is 1. The molecule has 4 heteroatoms. The van der Waals surface area contributed by atoms with Crippen LogP contribution in [0.15, 0.2) is 54.6 Å². The van der Waals surface area contributed by atoms with Crippen molar-refractivity contribution in [1.82, 2.24) is 4.98 Å². The van der Waals surface area contributed by atoms with Gasteiger partial charge in [-0.25, -0.2) is 4.98 Å². The third kappa shape index (κ3) is 2.92. The number of nitrogens with two attached hydrogens (primary N) is 1. The number of aromatic nitrogens is 1. The first kappa shape index (κ1) is 15.6. The molecular weight excluding hydrogens is 298 g/mol. The van der Waals surface area contributed by atoms with Crippen molar-refractivity contribution >= 4 is 5.82 Å². The molecule has 1 aromatic heterocycles. The number of methoxy groups -OCH3 is 1. The number of hydrogen-bond donors (Lipinski definition) is 1. The molecule has 0 amide bonds. The molecule has 0 fully saturated rings. The summed E-state index contributed by atoms with van der Waals surface area (Å²) in [6, 6.07) is 19.7. The maximum atomic E-state index is 9.46. The molecule has 2 N–H and O–H groups in total. The van der Waals surface area contributed by atoms with E-state index in [2.05, 4.69) is 11.1 Å². The molecule has 0 radical (unpaired) electrons. The molecule has 2 aromatic carbocycles. The normalized spacial score (nSPS) is 10.2. The van der Waals surface area contributed by atoms with Crippen LogP contribution in [0.4, 0.5) is 5.82 Å². The van der Waals surface area contributed by atoms with Gasteiger partial charge in [-0.2, -0.15) is 5.26 Å². The average Bonchev–Trinajstić information content (AvgIpc) is 2.61. The Bertz CT molecular complexity index is 907. The smallest absolute Gasteiger partial charge is 0.142 e. The van der Waals surface area contributed by atoms with Crippen LogP contribution in [0.1, 0.15) is 11.1 Å². The van der Waals surface area contributed by atoms with Gasteiger partial charge in [-0.3, -0.25) is 0 Å². The topological polar surface area (TPSA) is 71.9 Å². The minimum atomic E-state index is 0.237. The van der Waals surface area contributed by atoms with Gasteiger partial charge in [0.25, 0.3) is 0 Å². The molecular formula is C20H17N3O. The Morgan fingerprint density at radius 3 is 2.21 bits per heavy atom. The highest BCUT2D eigenvalue weighted by molar-refractivity contribution is 5.80. The maximum Gasteiger partial charge on any atom is 0.142 e. The van der Waals surface area contributed by atoms with Crippen molar-refractivity contribution < 1.29 is 4.74 Å². The first-order valence-electron chi connectivity index (χ1n) is 7.54. The van der Waals surface area contributed by atoms with Crippen LogP contribution in [0.2, 0.25) is 0 Å². The molecule has 3 rings (SSSR count). The summed E-state index contributed by atoms with van der Waals surface area (Å²) in [6.07, 6.45) is 0. The largest absolute Gasteiger partial charge is 0.497 e. The van der Waals surface area contributed by atoms with Gasteiger partial charge in [-0.1, -0.05) is 42.0 Å². The second-order valence-corrected chi connectivity index (χ2v) is 5.52. The van der Waals surface area contributed by atoms with Gasteiger partial charge < -0.3 is 10.5 Å². The number of benzene rings is 2. The Morgan fingerprint density at radius 2 is 1.62 bits per heavy atom. The van der Waals surface area contributed by atoms with Gasteiger partial charge in [0.05, 0.1) is 12.8 Å². The van der Waals surface area contributed by atoms with E-state index < -0.39 is 0 Å². The Hall–Kier alpha value is -3.32. The lowest BCUT2D eigenvalue weighted by molar-refractivity contribution is 0.415. The summed E-state index contributed by atoms with van der Waals surface area (Å²) in [4.78, 5) is 4.39. The minimum Gasteiger partial charge on any atom is -0.497 e. The Labute approximate surface area is 141 Å². The first-order chi connectivity index (χ1) is 11.6. The van der Waals surface area contributed by atoms with Gasteiger partial charge in [0, 0.05) is 11.1 Å². The minimum absolute atomic E-state index is 0.237. The molecule has 0 atom stereocenters. The fraction of sp³-hybridized carbons (Fsp3) is 0.100. The predicted octanol–water partition coefficient (Wildman–Crippen LogP) is 4.19. The second-order valence-electron chi connectivity index (χ2n) is 5.52. The van der Waals surface area contributed by atoms with Gasteiger partial charge in [-0.05, 0) is 30.7 Å². The number of aryl methyl sites for hydroxylation is 1. The Balaban J connectivity index is 2.16. The van der Waals surface area contributed by atoms with E-state index in [0.717, 1.165) is 28.1 Å². The first-order valence-corrected chi connectivity index (χ1v) is 7.54. The van der Waals surface area contributed by atoms with E-state index in [4.69, 9.17) is 10.5 Å². The van der Waals surface area contributed by atoms with Crippen molar-refractivity contribution in [2.24, 2.45) is 0 Å². The lowest BCUT2D eigenvalue weighted by Crippen LogP contribution is -1.99. The zero-order chi connectivity index (χ0) is 17.1. The lowest BCUT2D eigenvalue weighted by atomic mass is 9.98. The van der Waals surface area contributed by atoms with Crippen molar-refractivity contribution in [3.63, 3.8) is 0 Å². The average molecular weight is 315 g/mol. The fourth-order valence-electron chi connectivity index (χ4n) is 2.55. The van der Waals surface area contributed by atoms with Crippen LogP contribution in [0.5, 0.6) is 5.75 Å². The standard InChI is InChI=1S/C20H17N3O/c1-13-3-5-15(6-4-13)19-11-17(18(12-21)20(22)23-19)14-7-9-16(24-2)10-8-14/h3-11H,1-2H3,(H2,22,23). The molecule has 0 aliphatic heterocycles. The number of nitrogens with zero attached hydrogens (tertiary/aromatic N) is 2. The highest BCUT2D eigenvalue weighted by Gasteiger charge is 2.13. The van der Waals surface area contributed by atoms with E-state index in [0.29, 0.717) is 5.56 Å². The zero-order valence-electron chi connectivity index (χ0n) is 13.6. The van der Waals surface area contributed by atoms with Crippen molar-refractivity contribution in [1.29, 1.82) is 5.26 Å². The molecule has 0 unspecified atom stereocenters. The quantitative estimate of drug-likeness (QED) is 0.786. The van der Waals surface area contributed by atoms with Crippen molar-refractivity contribution in [3.05, 3.63) is 65.7 Å². The number of anilines is 1. The maximum absolute atomic E-state index is 9.46. The summed E-state index contributed by atoms with van der Waals surface area (Å²) in [7, 11) is 1.62. The molecule has 0 aliphatic rings. The number of pyridine rings is 1. The lowest BCUT2D eigenvalue weighted by Gasteiger charge is -2.11. The summed E-state index contributed by atoms with van der Waals surface area (Å²) in [5.74, 6) is 0.999. The second kappa shape index (κ2) is 6.43. The molecule has 0 saturated carbocycles. The SMILES string of the molecule is COc1ccc(-c2cc(-c3ccc(C)cc3)nc(N)c2C#N)cc1. The summed E-state index contributed by atoms with van der Waals surface area (Å²) in [6.45, 7) is 2.03. The molecule has 24 heavy (non-hydrogen) atoms. The van der Waals surface area contributed by atoms with Crippen LogP contribution >= 0.6 is 0 Å². The van der Waals surface area contributed by atoms with Gasteiger partial charge in [0.1, 0.15) is 23.2 Å². The number of nitrogen functional groups attached to an aromatic ring is 1. The van der Waals surface area contributed by atoms with Crippen LogP contribution in [-0.4, -0.2) is 12.1 Å². The van der Waals surface area contributed by atoms with Gasteiger partial charge in [-0.15, -0.1) is 0 Å². The van der Waals surface area contributed by atoms with E-state index in [9.17, 15) is 5.26 Å². The number of nitriles is 1. The summed E-state index contributed by atoms with van der Waals surface area (Å²) < 4.78 is 5.19. The van der Waals surface area contributed by atoms with Crippen LogP contribution in [-0.2, 0) is 0 Å². The predicted molar refractivity (Wildman–Crippen MR) is 95.5 cm³/mol. The van der Waals surface area contributed by atoms with Crippen LogP contribution in [0.25, 0.3) is 22.4 Å². The van der Waals surface area contributed by atoms with Crippen LogP contribution in [0.3, 0.4) is 0 Å². The van der Waals surface area contributed by atoms with E-state index >= 15 is 0 Å². The van der Waals surface area contributed by atoms with E-state index in [1.54, 1.807) is 7.11 Å². The summed E-state index contributed by atoms with van der Waals surface area (Å²) in [5.41, 5.74) is 11.0. The molecule has 118 valence electrons. The van der Waals surface area contributed by atoms with E-state index in [1.165, 1.54) is 5.56 Å². The van der Waals surface area contributed by atoms with Gasteiger partial charge in [0.2, 0.25) is 0 Å². The van der Waals surface area contributed by atoms with Crippen LogP contribution in [0, 0.1) is 18.3 Å². The number of rotatable bonds is 3. The molecule has 0 bridgehead atoms. The highest BCUT2D eigenvalue weighted by atomic mass is 16.5. The van der Waals surface area contributed by atoms with Crippen LogP contribution < -0.4 is 10.5 Å². The Kier molecular flexibility index (Phi) is 4.17. The molecule has 0 aliphatic carbocycles. The van der Waals surface area contributed by atoms with Gasteiger partial charge >= 0.3 is 0 Å². The third-order valence-corrected chi connectivity index (χ3v) is 3.91. The Morgan fingerprint density at radius 1 is 1.00 bits per heavy atom.